The molecule has 0 atom stereocenters. The Hall–Kier alpha value is -2.35. The quantitative estimate of drug-likeness (QED) is 0.369. The van der Waals surface area contributed by atoms with E-state index in [1.807, 2.05) is 0 Å². The van der Waals surface area contributed by atoms with Crippen LogP contribution in [0.3, 0.4) is 0 Å². The number of carbonyl (C=O) groups excluding carboxylic acids is 1. The summed E-state index contributed by atoms with van der Waals surface area (Å²) in [6, 6.07) is 4.26. The van der Waals surface area contributed by atoms with Gasteiger partial charge in [0, 0.05) is 30.7 Å². The Kier molecular flexibility index (Phi) is 5.55. The Morgan fingerprint density at radius 2 is 2.21 bits per heavy atom. The first-order valence-electron chi connectivity index (χ1n) is 6.03. The molecule has 0 radical (unpaired) electrons. The largest absolute Gasteiger partial charge is 0.352 e. The van der Waals surface area contributed by atoms with E-state index in [0.29, 0.717) is 24.1 Å². The first-order valence-corrected chi connectivity index (χ1v) is 6.03. The van der Waals surface area contributed by atoms with Crippen molar-refractivity contribution in [2.24, 2.45) is 0 Å². The number of hydrogen-bond donors (Lipinski definition) is 1. The van der Waals surface area contributed by atoms with Gasteiger partial charge in [0.15, 0.2) is 0 Å². The molecule has 1 aromatic carbocycles. The Morgan fingerprint density at radius 3 is 2.84 bits per heavy atom. The fourth-order valence-corrected chi connectivity index (χ4v) is 1.62. The lowest BCUT2D eigenvalue weighted by molar-refractivity contribution is -0.384. The summed E-state index contributed by atoms with van der Waals surface area (Å²) >= 11 is 0. The van der Waals surface area contributed by atoms with Gasteiger partial charge in [-0.25, -0.2) is 0 Å². The van der Waals surface area contributed by atoms with Crippen LogP contribution >= 0.6 is 0 Å². The third kappa shape index (κ3) is 4.43. The normalized spacial score (nSPS) is 9.68. The maximum absolute atomic E-state index is 11.9. The van der Waals surface area contributed by atoms with Gasteiger partial charge in [-0.3, -0.25) is 14.9 Å². The molecule has 5 heteroatoms. The molecule has 0 spiro atoms. The van der Waals surface area contributed by atoms with Gasteiger partial charge in [0.25, 0.3) is 11.6 Å². The van der Waals surface area contributed by atoms with Gasteiger partial charge in [0.05, 0.1) is 4.92 Å². The highest BCUT2D eigenvalue weighted by atomic mass is 16.6. The molecule has 100 valence electrons. The number of nitrogens with one attached hydrogen (secondary N) is 1. The van der Waals surface area contributed by atoms with Crippen molar-refractivity contribution >= 4 is 11.6 Å². The average Bonchev–Trinajstić information content (AvgIpc) is 2.38. The molecule has 1 N–H and O–H groups in total. The van der Waals surface area contributed by atoms with Crippen molar-refractivity contribution in [3.8, 4) is 12.3 Å². The summed E-state index contributed by atoms with van der Waals surface area (Å²) in [6.07, 6.45) is 7.46. The Labute approximate surface area is 112 Å². The van der Waals surface area contributed by atoms with E-state index >= 15 is 0 Å². The van der Waals surface area contributed by atoms with E-state index in [1.165, 1.54) is 12.1 Å². The maximum Gasteiger partial charge on any atom is 0.270 e. The minimum absolute atomic E-state index is 0.0805. The van der Waals surface area contributed by atoms with Crippen molar-refractivity contribution < 1.29 is 9.72 Å². The predicted octanol–water partition coefficient (Wildman–Crippen LogP) is 2.44. The third-order valence-electron chi connectivity index (χ3n) is 2.71. The van der Waals surface area contributed by atoms with Crippen LogP contribution in [-0.4, -0.2) is 17.4 Å². The standard InChI is InChI=1S/C14H16N2O3/c1-3-4-5-6-9-15-14(17)13-10-12(16(18)19)8-7-11(13)2/h1,7-8,10H,4-6,9H2,2H3,(H,15,17). The molecule has 0 saturated carbocycles. The first-order chi connectivity index (χ1) is 9.06. The van der Waals surface area contributed by atoms with E-state index in [4.69, 9.17) is 6.42 Å². The SMILES string of the molecule is C#CCCCCNC(=O)c1cc([N+](=O)[O-])ccc1C. The number of non-ortho nitro benzene ring substituents is 1. The number of carbonyl (C=O) groups is 1. The highest BCUT2D eigenvalue weighted by molar-refractivity contribution is 5.96. The van der Waals surface area contributed by atoms with Gasteiger partial charge in [-0.05, 0) is 25.3 Å². The van der Waals surface area contributed by atoms with Crippen molar-refractivity contribution in [1.82, 2.24) is 5.32 Å². The van der Waals surface area contributed by atoms with Crippen LogP contribution in [0.4, 0.5) is 5.69 Å². The van der Waals surface area contributed by atoms with E-state index in [0.717, 1.165) is 12.8 Å². The Morgan fingerprint density at radius 1 is 1.47 bits per heavy atom. The lowest BCUT2D eigenvalue weighted by Crippen LogP contribution is -2.25. The number of benzene rings is 1. The molecule has 0 saturated heterocycles. The summed E-state index contributed by atoms with van der Waals surface area (Å²) in [5, 5.41) is 13.4. The predicted molar refractivity (Wildman–Crippen MR) is 72.9 cm³/mol. The van der Waals surface area contributed by atoms with Gasteiger partial charge in [-0.15, -0.1) is 12.3 Å². The molecule has 5 nitrogen and oxygen atoms in total. The van der Waals surface area contributed by atoms with Gasteiger partial charge >= 0.3 is 0 Å². The van der Waals surface area contributed by atoms with E-state index in [2.05, 4.69) is 11.2 Å². The third-order valence-corrected chi connectivity index (χ3v) is 2.71. The molecule has 0 unspecified atom stereocenters. The molecular weight excluding hydrogens is 244 g/mol. The molecule has 1 aromatic rings. The van der Waals surface area contributed by atoms with Crippen LogP contribution in [0.2, 0.25) is 0 Å². The number of nitro benzene ring substituents is 1. The summed E-state index contributed by atoms with van der Waals surface area (Å²) in [5.74, 6) is 2.24. The van der Waals surface area contributed by atoms with Crippen LogP contribution in [0.5, 0.6) is 0 Å². The second kappa shape index (κ2) is 7.17. The molecule has 0 aliphatic heterocycles. The summed E-state index contributed by atoms with van der Waals surface area (Å²) in [4.78, 5) is 22.1. The second-order valence-electron chi connectivity index (χ2n) is 4.17. The number of amides is 1. The number of hydrogen-bond acceptors (Lipinski definition) is 3. The van der Waals surface area contributed by atoms with Crippen LogP contribution in [0.15, 0.2) is 18.2 Å². The van der Waals surface area contributed by atoms with Gasteiger partial charge in [-0.2, -0.15) is 0 Å². The Balaban J connectivity index is 2.64. The molecule has 0 bridgehead atoms. The smallest absolute Gasteiger partial charge is 0.270 e. The fourth-order valence-electron chi connectivity index (χ4n) is 1.62. The van der Waals surface area contributed by atoms with Crippen molar-refractivity contribution in [3.63, 3.8) is 0 Å². The van der Waals surface area contributed by atoms with Gasteiger partial charge in [-0.1, -0.05) is 6.07 Å². The minimum Gasteiger partial charge on any atom is -0.352 e. The summed E-state index contributed by atoms with van der Waals surface area (Å²) < 4.78 is 0. The lowest BCUT2D eigenvalue weighted by atomic mass is 10.1. The average molecular weight is 260 g/mol. The zero-order valence-electron chi connectivity index (χ0n) is 10.8. The molecule has 1 rings (SSSR count). The first kappa shape index (κ1) is 14.7. The van der Waals surface area contributed by atoms with Crippen molar-refractivity contribution in [3.05, 3.63) is 39.4 Å². The van der Waals surface area contributed by atoms with Crippen molar-refractivity contribution in [2.45, 2.75) is 26.2 Å². The Bertz CT molecular complexity index is 518. The summed E-state index contributed by atoms with van der Waals surface area (Å²) in [5.41, 5.74) is 0.973. The number of terminal acetylenes is 1. The number of nitrogens with zero attached hydrogens (tertiary/aromatic N) is 1. The highest BCUT2D eigenvalue weighted by Gasteiger charge is 2.13. The van der Waals surface area contributed by atoms with Crippen LogP contribution in [-0.2, 0) is 0 Å². The zero-order chi connectivity index (χ0) is 14.3. The van der Waals surface area contributed by atoms with E-state index in [9.17, 15) is 14.9 Å². The van der Waals surface area contributed by atoms with Crippen LogP contribution < -0.4 is 5.32 Å². The van der Waals surface area contributed by atoms with E-state index in [-0.39, 0.29) is 11.6 Å². The molecule has 0 aromatic heterocycles. The molecule has 19 heavy (non-hydrogen) atoms. The number of aryl methyl sites for hydroxylation is 1. The second-order valence-corrected chi connectivity index (χ2v) is 4.17. The highest BCUT2D eigenvalue weighted by Crippen LogP contribution is 2.17. The molecule has 0 aliphatic carbocycles. The number of rotatable bonds is 6. The number of unbranched alkanes of at least 4 members (excludes halogenated alkanes) is 2. The lowest BCUT2D eigenvalue weighted by Gasteiger charge is -2.07. The maximum atomic E-state index is 11.9. The molecule has 1 amide bonds. The van der Waals surface area contributed by atoms with Gasteiger partial charge in [0.1, 0.15) is 0 Å². The van der Waals surface area contributed by atoms with Crippen molar-refractivity contribution in [1.29, 1.82) is 0 Å². The zero-order valence-corrected chi connectivity index (χ0v) is 10.8. The van der Waals surface area contributed by atoms with E-state index in [1.54, 1.807) is 13.0 Å². The summed E-state index contributed by atoms with van der Waals surface area (Å²) in [6.45, 7) is 2.26. The number of nitro groups is 1. The molecule has 0 aliphatic rings. The summed E-state index contributed by atoms with van der Waals surface area (Å²) in [7, 11) is 0. The molecule has 0 fully saturated rings. The van der Waals surface area contributed by atoms with Gasteiger partial charge in [0.2, 0.25) is 0 Å². The molecule has 0 heterocycles. The van der Waals surface area contributed by atoms with Crippen molar-refractivity contribution in [2.75, 3.05) is 6.54 Å². The van der Waals surface area contributed by atoms with Gasteiger partial charge < -0.3 is 5.32 Å². The molecular formula is C14H16N2O3. The van der Waals surface area contributed by atoms with E-state index < -0.39 is 4.92 Å². The van der Waals surface area contributed by atoms with Crippen LogP contribution in [0.1, 0.15) is 35.2 Å². The fraction of sp³-hybridized carbons (Fsp3) is 0.357. The topological polar surface area (TPSA) is 72.2 Å². The minimum atomic E-state index is -0.511. The van der Waals surface area contributed by atoms with Crippen LogP contribution in [0, 0.1) is 29.4 Å². The van der Waals surface area contributed by atoms with Crippen LogP contribution in [0.25, 0.3) is 0 Å². The monoisotopic (exact) mass is 260 g/mol.